The van der Waals surface area contributed by atoms with E-state index in [4.69, 9.17) is 10.2 Å². The summed E-state index contributed by atoms with van der Waals surface area (Å²) in [6, 6.07) is 12.4. The number of nitrogens with one attached hydrogen (secondary N) is 1. The molecular weight excluding hydrogens is 416 g/mol. The number of hydrogen-bond acceptors (Lipinski definition) is 5. The normalized spacial score (nSPS) is 18.9. The molecule has 2 aromatic heterocycles. The highest BCUT2D eigenvalue weighted by molar-refractivity contribution is 5.90. The molecule has 3 N–H and O–H groups in total. The predicted molar refractivity (Wildman–Crippen MR) is 127 cm³/mol. The molecule has 7 nitrogen and oxygen atoms in total. The Morgan fingerprint density at radius 3 is 2.61 bits per heavy atom. The van der Waals surface area contributed by atoms with E-state index in [9.17, 15) is 9.59 Å². The van der Waals surface area contributed by atoms with Crippen molar-refractivity contribution in [1.29, 1.82) is 0 Å². The number of likely N-dealkylation sites (tertiary alicyclic amines) is 1. The summed E-state index contributed by atoms with van der Waals surface area (Å²) in [5.74, 6) is -0.599. The number of nitrogens with zero attached hydrogens (tertiary/aromatic N) is 2. The Balaban J connectivity index is 1.72. The van der Waals surface area contributed by atoms with Crippen LogP contribution >= 0.6 is 0 Å². The minimum absolute atomic E-state index is 0.0653. The molecule has 2 amide bonds. The van der Waals surface area contributed by atoms with Gasteiger partial charge in [-0.05, 0) is 43.9 Å². The van der Waals surface area contributed by atoms with E-state index in [1.807, 2.05) is 61.2 Å². The maximum atomic E-state index is 13.8. The van der Waals surface area contributed by atoms with E-state index in [0.717, 1.165) is 35.1 Å². The van der Waals surface area contributed by atoms with E-state index < -0.39 is 12.1 Å². The van der Waals surface area contributed by atoms with E-state index >= 15 is 0 Å². The van der Waals surface area contributed by atoms with Gasteiger partial charge < -0.3 is 20.4 Å². The number of pyridine rings is 1. The topological polar surface area (TPSA) is 101 Å². The maximum absolute atomic E-state index is 13.8. The van der Waals surface area contributed by atoms with Crippen LogP contribution in [-0.4, -0.2) is 46.4 Å². The van der Waals surface area contributed by atoms with Crippen molar-refractivity contribution in [3.05, 3.63) is 66.2 Å². The third kappa shape index (κ3) is 4.64. The van der Waals surface area contributed by atoms with Crippen LogP contribution in [0.4, 0.5) is 0 Å². The van der Waals surface area contributed by atoms with Crippen molar-refractivity contribution in [3.8, 4) is 0 Å². The van der Waals surface area contributed by atoms with Crippen LogP contribution in [0.15, 0.2) is 59.3 Å². The largest absolute Gasteiger partial charge is 0.464 e. The van der Waals surface area contributed by atoms with Crippen LogP contribution in [0.1, 0.15) is 50.8 Å². The fourth-order valence-corrected chi connectivity index (χ4v) is 4.75. The number of benzene rings is 1. The van der Waals surface area contributed by atoms with Gasteiger partial charge in [0.2, 0.25) is 11.8 Å². The van der Waals surface area contributed by atoms with Gasteiger partial charge in [0.05, 0.1) is 23.9 Å². The fourth-order valence-electron chi connectivity index (χ4n) is 4.75. The van der Waals surface area contributed by atoms with Crippen molar-refractivity contribution >= 4 is 22.8 Å². The van der Waals surface area contributed by atoms with Gasteiger partial charge in [-0.3, -0.25) is 14.6 Å². The molecular formula is C26H32N4O3. The fraction of sp³-hybridized carbons (Fsp3) is 0.423. The SMILES string of the molecule is CC(N)C(=O)NC(C(=O)N1CCCC1C(c1ccccn1)c1coc2ccccc12)C(C)C. The van der Waals surface area contributed by atoms with Crippen LogP contribution in [0.25, 0.3) is 11.0 Å². The summed E-state index contributed by atoms with van der Waals surface area (Å²) in [5, 5.41) is 3.89. The highest BCUT2D eigenvalue weighted by atomic mass is 16.3. The lowest BCUT2D eigenvalue weighted by Crippen LogP contribution is -2.55. The second-order valence-electron chi connectivity index (χ2n) is 9.18. The highest BCUT2D eigenvalue weighted by Crippen LogP contribution is 2.39. The Morgan fingerprint density at radius 2 is 1.91 bits per heavy atom. The first-order valence-corrected chi connectivity index (χ1v) is 11.6. The van der Waals surface area contributed by atoms with Crippen molar-refractivity contribution < 1.29 is 14.0 Å². The summed E-state index contributed by atoms with van der Waals surface area (Å²) in [6.07, 6.45) is 5.31. The summed E-state index contributed by atoms with van der Waals surface area (Å²) in [4.78, 5) is 32.7. The minimum atomic E-state index is -0.674. The van der Waals surface area contributed by atoms with Gasteiger partial charge >= 0.3 is 0 Å². The maximum Gasteiger partial charge on any atom is 0.245 e. The van der Waals surface area contributed by atoms with Crippen LogP contribution in [0, 0.1) is 5.92 Å². The Labute approximate surface area is 194 Å². The molecule has 1 aliphatic heterocycles. The standard InChI is InChI=1S/C26H32N4O3/c1-16(2)24(29-25(31)17(3)27)26(32)30-14-8-11-21(30)23(20-10-6-7-13-28-20)19-15-33-22-12-5-4-9-18(19)22/h4-7,9-10,12-13,15-17,21,23-24H,8,11,14,27H2,1-3H3,(H,29,31). The van der Waals surface area contributed by atoms with Crippen molar-refractivity contribution in [2.24, 2.45) is 11.7 Å². The zero-order valence-corrected chi connectivity index (χ0v) is 19.4. The zero-order valence-electron chi connectivity index (χ0n) is 19.4. The number of furan rings is 1. The number of aromatic nitrogens is 1. The van der Waals surface area contributed by atoms with E-state index in [0.29, 0.717) is 6.54 Å². The van der Waals surface area contributed by atoms with E-state index in [2.05, 4.69) is 10.3 Å². The van der Waals surface area contributed by atoms with E-state index in [1.54, 1.807) is 19.4 Å². The van der Waals surface area contributed by atoms with Gasteiger partial charge in [0.15, 0.2) is 0 Å². The number of fused-ring (bicyclic) bond motifs is 1. The summed E-state index contributed by atoms with van der Waals surface area (Å²) >= 11 is 0. The van der Waals surface area contributed by atoms with Crippen LogP contribution in [0.3, 0.4) is 0 Å². The van der Waals surface area contributed by atoms with E-state index in [1.165, 1.54) is 0 Å². The van der Waals surface area contributed by atoms with Crippen molar-refractivity contribution in [3.63, 3.8) is 0 Å². The molecule has 3 heterocycles. The number of carbonyl (C=O) groups is 2. The van der Waals surface area contributed by atoms with Gasteiger partial charge in [-0.25, -0.2) is 0 Å². The highest BCUT2D eigenvalue weighted by Gasteiger charge is 2.41. The van der Waals surface area contributed by atoms with Gasteiger partial charge in [-0.2, -0.15) is 0 Å². The average Bonchev–Trinajstić information content (AvgIpc) is 3.46. The quantitative estimate of drug-likeness (QED) is 0.577. The molecule has 7 heteroatoms. The van der Waals surface area contributed by atoms with Crippen molar-refractivity contribution in [2.75, 3.05) is 6.54 Å². The first-order valence-electron chi connectivity index (χ1n) is 11.6. The number of nitrogens with two attached hydrogens (primary N) is 1. The molecule has 3 aromatic rings. The second-order valence-corrected chi connectivity index (χ2v) is 9.18. The summed E-state index contributed by atoms with van der Waals surface area (Å²) in [7, 11) is 0. The summed E-state index contributed by atoms with van der Waals surface area (Å²) in [6.45, 7) is 6.14. The number of amides is 2. The molecule has 1 saturated heterocycles. The molecule has 174 valence electrons. The molecule has 1 aromatic carbocycles. The molecule has 0 radical (unpaired) electrons. The summed E-state index contributed by atoms with van der Waals surface area (Å²) in [5.41, 5.74) is 8.48. The Bertz CT molecular complexity index is 1110. The molecule has 4 rings (SSSR count). The smallest absolute Gasteiger partial charge is 0.245 e. The van der Waals surface area contributed by atoms with Gasteiger partial charge in [0, 0.05) is 29.7 Å². The Morgan fingerprint density at radius 1 is 1.15 bits per heavy atom. The van der Waals surface area contributed by atoms with Gasteiger partial charge in [-0.1, -0.05) is 38.1 Å². The monoisotopic (exact) mass is 448 g/mol. The number of carbonyl (C=O) groups excluding carboxylic acids is 2. The number of hydrogen-bond donors (Lipinski definition) is 2. The lowest BCUT2D eigenvalue weighted by atomic mass is 9.86. The van der Waals surface area contributed by atoms with Gasteiger partial charge in [-0.15, -0.1) is 0 Å². The van der Waals surface area contributed by atoms with Crippen LogP contribution in [0.5, 0.6) is 0 Å². The minimum Gasteiger partial charge on any atom is -0.464 e. The first-order chi connectivity index (χ1) is 15.9. The van der Waals surface area contributed by atoms with E-state index in [-0.39, 0.29) is 29.7 Å². The van der Waals surface area contributed by atoms with Gasteiger partial charge in [0.1, 0.15) is 11.6 Å². The Hall–Kier alpha value is -3.19. The average molecular weight is 449 g/mol. The molecule has 0 saturated carbocycles. The third-order valence-electron chi connectivity index (χ3n) is 6.46. The first kappa shape index (κ1) is 23.0. The van der Waals surface area contributed by atoms with Gasteiger partial charge in [0.25, 0.3) is 0 Å². The molecule has 1 aliphatic rings. The third-order valence-corrected chi connectivity index (χ3v) is 6.46. The van der Waals surface area contributed by atoms with Crippen LogP contribution < -0.4 is 11.1 Å². The van der Waals surface area contributed by atoms with Crippen LogP contribution in [-0.2, 0) is 9.59 Å². The Kier molecular flexibility index (Phi) is 6.79. The predicted octanol–water partition coefficient (Wildman–Crippen LogP) is 3.44. The molecule has 0 aliphatic carbocycles. The number of para-hydroxylation sites is 1. The molecule has 0 bridgehead atoms. The van der Waals surface area contributed by atoms with Crippen LogP contribution in [0.2, 0.25) is 0 Å². The molecule has 1 fully saturated rings. The molecule has 0 spiro atoms. The second kappa shape index (κ2) is 9.75. The molecule has 4 unspecified atom stereocenters. The van der Waals surface area contributed by atoms with Crippen molar-refractivity contribution in [1.82, 2.24) is 15.2 Å². The lowest BCUT2D eigenvalue weighted by molar-refractivity contribution is -0.138. The van der Waals surface area contributed by atoms with Crippen molar-refractivity contribution in [2.45, 2.75) is 57.7 Å². The zero-order chi connectivity index (χ0) is 23.5. The number of rotatable bonds is 7. The molecule has 4 atom stereocenters. The summed E-state index contributed by atoms with van der Waals surface area (Å²) < 4.78 is 5.87. The lowest BCUT2D eigenvalue weighted by Gasteiger charge is -2.35. The molecule has 33 heavy (non-hydrogen) atoms.